The van der Waals surface area contributed by atoms with E-state index in [0.717, 1.165) is 31.2 Å². The van der Waals surface area contributed by atoms with Gasteiger partial charge in [-0.3, -0.25) is 0 Å². The molecule has 0 aliphatic heterocycles. The van der Waals surface area contributed by atoms with Crippen LogP contribution in [0.15, 0.2) is 29.2 Å². The number of hydrogen-bond donors (Lipinski definition) is 0. The molecule has 0 radical (unpaired) electrons. The lowest BCUT2D eigenvalue weighted by Gasteiger charge is -2.08. The lowest BCUT2D eigenvalue weighted by atomic mass is 10.1. The van der Waals surface area contributed by atoms with Crippen LogP contribution in [-0.4, -0.2) is 13.7 Å². The fourth-order valence-electron chi connectivity index (χ4n) is 2.03. The van der Waals surface area contributed by atoms with E-state index in [1.54, 1.807) is 6.07 Å². The molecule has 2 aliphatic carbocycles. The highest BCUT2D eigenvalue weighted by Crippen LogP contribution is 2.45. The Hall–Kier alpha value is -0.830. The number of hydrogen-bond acceptors (Lipinski definition) is 2. The average molecular weight is 222 g/mol. The zero-order valence-electron chi connectivity index (χ0n) is 8.52. The second kappa shape index (κ2) is 3.08. The van der Waals surface area contributed by atoms with E-state index < -0.39 is 9.84 Å². The fourth-order valence-corrected chi connectivity index (χ4v) is 3.98. The zero-order chi connectivity index (χ0) is 10.5. The molecule has 15 heavy (non-hydrogen) atoms. The predicted octanol–water partition coefficient (Wildman–Crippen LogP) is 2.50. The first-order valence-electron chi connectivity index (χ1n) is 5.52. The van der Waals surface area contributed by atoms with Crippen molar-refractivity contribution in [3.63, 3.8) is 0 Å². The predicted molar refractivity (Wildman–Crippen MR) is 58.6 cm³/mol. The molecule has 0 bridgehead atoms. The van der Waals surface area contributed by atoms with Crippen molar-refractivity contribution in [3.8, 4) is 0 Å². The molecule has 1 aromatic carbocycles. The van der Waals surface area contributed by atoms with E-state index in [1.807, 2.05) is 18.2 Å². The van der Waals surface area contributed by atoms with E-state index in [-0.39, 0.29) is 5.25 Å². The van der Waals surface area contributed by atoms with Gasteiger partial charge in [-0.05, 0) is 43.2 Å². The number of benzene rings is 1. The smallest absolute Gasteiger partial charge is 0.181 e. The normalized spacial score (nSPS) is 21.6. The number of sulfone groups is 1. The van der Waals surface area contributed by atoms with E-state index in [9.17, 15) is 8.42 Å². The van der Waals surface area contributed by atoms with E-state index >= 15 is 0 Å². The van der Waals surface area contributed by atoms with Crippen LogP contribution in [0.4, 0.5) is 0 Å². The van der Waals surface area contributed by atoms with Gasteiger partial charge in [0.05, 0.1) is 10.1 Å². The Bertz CT molecular complexity index is 482. The molecule has 1 aromatic rings. The van der Waals surface area contributed by atoms with Gasteiger partial charge in [-0.25, -0.2) is 8.42 Å². The van der Waals surface area contributed by atoms with Gasteiger partial charge in [-0.1, -0.05) is 18.2 Å². The SMILES string of the molecule is O=S(=O)(c1ccccc1C1CC1)C1CC1. The summed E-state index contributed by atoms with van der Waals surface area (Å²) in [6, 6.07) is 7.54. The Morgan fingerprint density at radius 3 is 2.27 bits per heavy atom. The highest BCUT2D eigenvalue weighted by atomic mass is 32.2. The molecule has 0 atom stereocenters. The molecule has 0 amide bonds. The van der Waals surface area contributed by atoms with Gasteiger partial charge in [0.1, 0.15) is 0 Å². The number of rotatable bonds is 3. The summed E-state index contributed by atoms with van der Waals surface area (Å²) in [4.78, 5) is 0.606. The molecule has 3 heteroatoms. The third-order valence-electron chi connectivity index (χ3n) is 3.21. The average Bonchev–Trinajstić information content (AvgIpc) is 3.06. The van der Waals surface area contributed by atoms with Crippen LogP contribution in [0.3, 0.4) is 0 Å². The maximum Gasteiger partial charge on any atom is 0.181 e. The Labute approximate surface area is 90.2 Å². The Morgan fingerprint density at radius 2 is 1.67 bits per heavy atom. The van der Waals surface area contributed by atoms with Gasteiger partial charge in [0, 0.05) is 0 Å². The van der Waals surface area contributed by atoms with Crippen molar-refractivity contribution in [2.45, 2.75) is 41.7 Å². The van der Waals surface area contributed by atoms with Gasteiger partial charge < -0.3 is 0 Å². The van der Waals surface area contributed by atoms with Crippen molar-refractivity contribution in [1.29, 1.82) is 0 Å². The van der Waals surface area contributed by atoms with Crippen LogP contribution in [-0.2, 0) is 9.84 Å². The lowest BCUT2D eigenvalue weighted by Crippen LogP contribution is -2.09. The van der Waals surface area contributed by atoms with E-state index in [0.29, 0.717) is 10.8 Å². The topological polar surface area (TPSA) is 34.1 Å². The third kappa shape index (κ3) is 1.59. The highest BCUT2D eigenvalue weighted by Gasteiger charge is 2.39. The molecule has 2 fully saturated rings. The second-order valence-corrected chi connectivity index (χ2v) is 6.75. The summed E-state index contributed by atoms with van der Waals surface area (Å²) in [7, 11) is -3.00. The van der Waals surface area contributed by atoms with Crippen molar-refractivity contribution >= 4 is 9.84 Å². The van der Waals surface area contributed by atoms with Crippen LogP contribution in [0.2, 0.25) is 0 Å². The fraction of sp³-hybridized carbons (Fsp3) is 0.500. The molecular formula is C12H14O2S. The molecule has 2 aliphatic rings. The molecule has 0 N–H and O–H groups in total. The van der Waals surface area contributed by atoms with E-state index in [1.165, 1.54) is 0 Å². The van der Waals surface area contributed by atoms with Crippen LogP contribution in [0, 0.1) is 0 Å². The minimum absolute atomic E-state index is 0.0857. The van der Waals surface area contributed by atoms with Gasteiger partial charge in [0.15, 0.2) is 9.84 Å². The summed E-state index contributed by atoms with van der Waals surface area (Å²) in [6.07, 6.45) is 4.00. The zero-order valence-corrected chi connectivity index (χ0v) is 9.33. The molecule has 0 aromatic heterocycles. The minimum Gasteiger partial charge on any atom is -0.223 e. The summed E-state index contributed by atoms with van der Waals surface area (Å²) in [5, 5.41) is -0.0857. The van der Waals surface area contributed by atoms with Crippen LogP contribution in [0.1, 0.15) is 37.2 Å². The standard InChI is InChI=1S/C12H14O2S/c13-15(14,10-7-8-10)12-4-2-1-3-11(12)9-5-6-9/h1-4,9-10H,5-8H2. The maximum atomic E-state index is 12.1. The summed E-state index contributed by atoms with van der Waals surface area (Å²) in [5.74, 6) is 0.509. The molecule has 2 nitrogen and oxygen atoms in total. The maximum absolute atomic E-state index is 12.1. The summed E-state index contributed by atoms with van der Waals surface area (Å²) >= 11 is 0. The Morgan fingerprint density at radius 1 is 1.00 bits per heavy atom. The quantitative estimate of drug-likeness (QED) is 0.787. The van der Waals surface area contributed by atoms with Gasteiger partial charge in [-0.2, -0.15) is 0 Å². The summed E-state index contributed by atoms with van der Waals surface area (Å²) in [6.45, 7) is 0. The Balaban J connectivity index is 2.10. The van der Waals surface area contributed by atoms with Crippen molar-refractivity contribution in [1.82, 2.24) is 0 Å². The van der Waals surface area contributed by atoms with E-state index in [2.05, 4.69) is 0 Å². The molecular weight excluding hydrogens is 208 g/mol. The first-order chi connectivity index (χ1) is 7.19. The molecule has 2 saturated carbocycles. The summed E-state index contributed by atoms with van der Waals surface area (Å²) in [5.41, 5.74) is 1.06. The van der Waals surface area contributed by atoms with Gasteiger partial charge >= 0.3 is 0 Å². The highest BCUT2D eigenvalue weighted by molar-refractivity contribution is 7.92. The molecule has 80 valence electrons. The first-order valence-corrected chi connectivity index (χ1v) is 7.07. The molecule has 3 rings (SSSR count). The summed E-state index contributed by atoms with van der Waals surface area (Å²) < 4.78 is 24.3. The lowest BCUT2D eigenvalue weighted by molar-refractivity contribution is 0.593. The van der Waals surface area contributed by atoms with Gasteiger partial charge in [0.25, 0.3) is 0 Å². The van der Waals surface area contributed by atoms with Gasteiger partial charge in [0.2, 0.25) is 0 Å². The van der Waals surface area contributed by atoms with Crippen LogP contribution in [0.5, 0.6) is 0 Å². The largest absolute Gasteiger partial charge is 0.223 e. The second-order valence-electron chi connectivity index (χ2n) is 4.56. The van der Waals surface area contributed by atoms with Gasteiger partial charge in [-0.15, -0.1) is 0 Å². The first kappa shape index (κ1) is 9.40. The van der Waals surface area contributed by atoms with E-state index in [4.69, 9.17) is 0 Å². The molecule has 0 heterocycles. The monoisotopic (exact) mass is 222 g/mol. The van der Waals surface area contributed by atoms with Crippen LogP contribution in [0.25, 0.3) is 0 Å². The molecule has 0 unspecified atom stereocenters. The van der Waals surface area contributed by atoms with Crippen molar-refractivity contribution < 1.29 is 8.42 Å². The molecule has 0 spiro atoms. The van der Waals surface area contributed by atoms with Crippen molar-refractivity contribution in [2.24, 2.45) is 0 Å². The minimum atomic E-state index is -3.00. The third-order valence-corrected chi connectivity index (χ3v) is 5.54. The van der Waals surface area contributed by atoms with Crippen LogP contribution >= 0.6 is 0 Å². The molecule has 0 saturated heterocycles. The van der Waals surface area contributed by atoms with Crippen molar-refractivity contribution in [3.05, 3.63) is 29.8 Å². The Kier molecular flexibility index (Phi) is 1.93. The van der Waals surface area contributed by atoms with Crippen molar-refractivity contribution in [2.75, 3.05) is 0 Å². The van der Waals surface area contributed by atoms with Crippen LogP contribution < -0.4 is 0 Å².